The zero-order chi connectivity index (χ0) is 0. The van der Waals surface area contributed by atoms with E-state index in [0.29, 0.717) is 0 Å². The number of rotatable bonds is 0. The first-order chi connectivity index (χ1) is 0. The SMILES string of the molecule is O.O.O.O.O.[In+3]. The van der Waals surface area contributed by atoms with E-state index in [1.54, 1.807) is 0 Å². The second kappa shape index (κ2) is 275. The molecule has 0 aromatic rings. The molecule has 5 nitrogen and oxygen atoms in total. The molecule has 0 saturated heterocycles. The largest absolute Gasteiger partial charge is 3.00 e. The van der Waals surface area contributed by atoms with Gasteiger partial charge in [0.1, 0.15) is 0 Å². The zero-order valence-electron chi connectivity index (χ0n) is 3.08. The summed E-state index contributed by atoms with van der Waals surface area (Å²) in [5.74, 6) is 0. The van der Waals surface area contributed by atoms with Crippen molar-refractivity contribution in [2.45, 2.75) is 0 Å². The fourth-order valence-electron chi connectivity index (χ4n) is 0. The van der Waals surface area contributed by atoms with Gasteiger partial charge in [0.25, 0.3) is 0 Å². The number of hydrogen-bond donors (Lipinski definition) is 0. The molecule has 0 fully saturated rings. The molecular formula is H10InO5+3. The topological polar surface area (TPSA) is 158 Å². The third kappa shape index (κ3) is 140. The van der Waals surface area contributed by atoms with E-state index in [-0.39, 0.29) is 53.2 Å². The Labute approximate surface area is 53.7 Å². The normalized spacial score (nSPS) is 0. The molecule has 0 rings (SSSR count). The average Bonchev–Trinajstić information content (AvgIpc) is 0. The van der Waals surface area contributed by atoms with Crippen LogP contribution in [-0.2, 0) is 0 Å². The molecule has 40 valence electrons. The van der Waals surface area contributed by atoms with Crippen LogP contribution in [-0.4, -0.2) is 53.2 Å². The maximum Gasteiger partial charge on any atom is 3.00 e. The first kappa shape index (κ1) is 478. The van der Waals surface area contributed by atoms with Crippen molar-refractivity contribution in [3.8, 4) is 0 Å². The van der Waals surface area contributed by atoms with Crippen molar-refractivity contribution in [3.05, 3.63) is 0 Å². The third-order valence-corrected chi connectivity index (χ3v) is 0. The smallest absolute Gasteiger partial charge is 0.412 e. The molecule has 0 aliphatic carbocycles. The minimum Gasteiger partial charge on any atom is -0.412 e. The fraction of sp³-hybridized carbons (Fsp3) is 0. The number of hydrogen-bond acceptors (Lipinski definition) is 0. The second-order valence-corrected chi connectivity index (χ2v) is 0. The Morgan fingerprint density at radius 2 is 0.333 bits per heavy atom. The quantitative estimate of drug-likeness (QED) is 0.373. The van der Waals surface area contributed by atoms with Gasteiger partial charge in [0.15, 0.2) is 0 Å². The van der Waals surface area contributed by atoms with Crippen LogP contribution in [0.15, 0.2) is 0 Å². The molecule has 0 radical (unpaired) electrons. The summed E-state index contributed by atoms with van der Waals surface area (Å²) >= 11 is 0. The van der Waals surface area contributed by atoms with E-state index in [0.717, 1.165) is 0 Å². The summed E-state index contributed by atoms with van der Waals surface area (Å²) in [7, 11) is 0. The molecule has 0 heterocycles. The van der Waals surface area contributed by atoms with Crippen molar-refractivity contribution < 1.29 is 27.4 Å². The molecule has 0 atom stereocenters. The maximum atomic E-state index is 0. The molecule has 0 unspecified atom stereocenters. The van der Waals surface area contributed by atoms with Crippen LogP contribution in [0.2, 0.25) is 0 Å². The third-order valence-electron chi connectivity index (χ3n) is 0. The minimum absolute atomic E-state index is 0. The molecule has 0 amide bonds. The van der Waals surface area contributed by atoms with Crippen LogP contribution in [0.4, 0.5) is 0 Å². The van der Waals surface area contributed by atoms with Gasteiger partial charge in [0.05, 0.1) is 0 Å². The van der Waals surface area contributed by atoms with Crippen LogP contribution >= 0.6 is 0 Å². The van der Waals surface area contributed by atoms with Crippen molar-refractivity contribution in [1.82, 2.24) is 0 Å². The zero-order valence-corrected chi connectivity index (χ0v) is 6.37. The van der Waals surface area contributed by atoms with Gasteiger partial charge in [-0.05, 0) is 0 Å². The predicted molar refractivity (Wildman–Crippen MR) is 23.8 cm³/mol. The van der Waals surface area contributed by atoms with Crippen LogP contribution in [0.3, 0.4) is 0 Å². The van der Waals surface area contributed by atoms with Crippen LogP contribution in [0.1, 0.15) is 0 Å². The fourth-order valence-corrected chi connectivity index (χ4v) is 0. The van der Waals surface area contributed by atoms with Crippen LogP contribution in [0.25, 0.3) is 0 Å². The summed E-state index contributed by atoms with van der Waals surface area (Å²) in [5.41, 5.74) is 0. The van der Waals surface area contributed by atoms with E-state index in [2.05, 4.69) is 0 Å². The van der Waals surface area contributed by atoms with Gasteiger partial charge >= 0.3 is 25.8 Å². The first-order valence-corrected chi connectivity index (χ1v) is 0. The summed E-state index contributed by atoms with van der Waals surface area (Å²) in [6.45, 7) is 0. The molecule has 0 aliphatic heterocycles. The van der Waals surface area contributed by atoms with E-state index >= 15 is 0 Å². The molecule has 0 aliphatic rings. The van der Waals surface area contributed by atoms with Gasteiger partial charge in [-0.15, -0.1) is 0 Å². The van der Waals surface area contributed by atoms with Gasteiger partial charge in [-0.3, -0.25) is 0 Å². The van der Waals surface area contributed by atoms with Gasteiger partial charge in [0.2, 0.25) is 0 Å². The Hall–Kier alpha value is 0.670. The standard InChI is InChI=1S/In.5H2O/h;5*1H2/q+3;;;;;. The summed E-state index contributed by atoms with van der Waals surface area (Å²) in [5, 5.41) is 0. The first-order valence-electron chi connectivity index (χ1n) is 0. The molecule has 0 spiro atoms. The van der Waals surface area contributed by atoms with Gasteiger partial charge < -0.3 is 27.4 Å². The van der Waals surface area contributed by atoms with Gasteiger partial charge in [-0.1, -0.05) is 0 Å². The van der Waals surface area contributed by atoms with E-state index < -0.39 is 0 Å². The van der Waals surface area contributed by atoms with Crippen molar-refractivity contribution in [2.75, 3.05) is 0 Å². The second-order valence-electron chi connectivity index (χ2n) is 0. The minimum atomic E-state index is 0. The van der Waals surface area contributed by atoms with E-state index in [9.17, 15) is 0 Å². The Kier molecular flexibility index (Phi) is 21900. The summed E-state index contributed by atoms with van der Waals surface area (Å²) < 4.78 is 0. The van der Waals surface area contributed by atoms with Crippen LogP contribution in [0, 0.1) is 0 Å². The van der Waals surface area contributed by atoms with Crippen molar-refractivity contribution in [2.24, 2.45) is 0 Å². The molecule has 0 aromatic carbocycles. The Bertz CT molecular complexity index is 3.90. The molecule has 6 heteroatoms. The molecule has 0 aromatic heterocycles. The Morgan fingerprint density at radius 3 is 0.333 bits per heavy atom. The molecular weight excluding hydrogens is 195 g/mol. The molecule has 10 N–H and O–H groups in total. The molecule has 0 saturated carbocycles. The Balaban J connectivity index is 0. The summed E-state index contributed by atoms with van der Waals surface area (Å²) in [6.07, 6.45) is 0. The monoisotopic (exact) mass is 205 g/mol. The van der Waals surface area contributed by atoms with Crippen LogP contribution in [0.5, 0.6) is 0 Å². The average molecular weight is 205 g/mol. The van der Waals surface area contributed by atoms with Crippen molar-refractivity contribution in [3.63, 3.8) is 0 Å². The van der Waals surface area contributed by atoms with Gasteiger partial charge in [-0.25, -0.2) is 0 Å². The van der Waals surface area contributed by atoms with E-state index in [1.807, 2.05) is 0 Å². The molecule has 0 bridgehead atoms. The summed E-state index contributed by atoms with van der Waals surface area (Å²) in [6, 6.07) is 0. The van der Waals surface area contributed by atoms with E-state index in [1.165, 1.54) is 0 Å². The van der Waals surface area contributed by atoms with Crippen molar-refractivity contribution >= 4 is 25.8 Å². The predicted octanol–water partition coefficient (Wildman–Crippen LogP) is -4.50. The molecule has 6 heavy (non-hydrogen) atoms. The van der Waals surface area contributed by atoms with Crippen molar-refractivity contribution in [1.29, 1.82) is 0 Å². The maximum absolute atomic E-state index is 0. The van der Waals surface area contributed by atoms with Gasteiger partial charge in [0, 0.05) is 0 Å². The van der Waals surface area contributed by atoms with E-state index in [4.69, 9.17) is 0 Å². The van der Waals surface area contributed by atoms with Gasteiger partial charge in [-0.2, -0.15) is 0 Å². The van der Waals surface area contributed by atoms with Crippen LogP contribution < -0.4 is 0 Å². The Morgan fingerprint density at radius 1 is 0.333 bits per heavy atom. The summed E-state index contributed by atoms with van der Waals surface area (Å²) in [4.78, 5) is 0.